The molecule has 19 heavy (non-hydrogen) atoms. The van der Waals surface area contributed by atoms with Crippen LogP contribution < -0.4 is 10.5 Å². The molecule has 0 spiro atoms. The van der Waals surface area contributed by atoms with Crippen LogP contribution >= 0.6 is 0 Å². The van der Waals surface area contributed by atoms with E-state index in [1.54, 1.807) is 24.3 Å². The lowest BCUT2D eigenvalue weighted by Gasteiger charge is -2.26. The van der Waals surface area contributed by atoms with Gasteiger partial charge in [-0.15, -0.1) is 0 Å². The van der Waals surface area contributed by atoms with Crippen LogP contribution in [0.1, 0.15) is 26.3 Å². The molecule has 0 aliphatic carbocycles. The molecule has 1 atom stereocenters. The first-order valence-corrected chi connectivity index (χ1v) is 6.02. The summed E-state index contributed by atoms with van der Waals surface area (Å²) in [7, 11) is 0. The molecule has 0 radical (unpaired) electrons. The Bertz CT molecular complexity index is 461. The van der Waals surface area contributed by atoms with Gasteiger partial charge in [-0.2, -0.15) is 0 Å². The van der Waals surface area contributed by atoms with Crippen molar-refractivity contribution in [2.75, 3.05) is 6.61 Å². The van der Waals surface area contributed by atoms with E-state index in [-0.39, 0.29) is 17.9 Å². The van der Waals surface area contributed by atoms with Gasteiger partial charge in [-0.05, 0) is 29.7 Å². The van der Waals surface area contributed by atoms with Gasteiger partial charge in [0.15, 0.2) is 0 Å². The third-order valence-electron chi connectivity index (χ3n) is 2.93. The van der Waals surface area contributed by atoms with Crippen LogP contribution in [0.4, 0.5) is 0 Å². The highest BCUT2D eigenvalue weighted by Crippen LogP contribution is 2.27. The molecule has 1 aromatic rings. The maximum absolute atomic E-state index is 11.2. The van der Waals surface area contributed by atoms with Crippen molar-refractivity contribution in [1.29, 1.82) is 5.41 Å². The summed E-state index contributed by atoms with van der Waals surface area (Å²) in [4.78, 5) is 11.2. The second kappa shape index (κ2) is 5.73. The number of benzene rings is 1. The molecule has 0 amide bonds. The Morgan fingerprint density at radius 2 is 1.89 bits per heavy atom. The van der Waals surface area contributed by atoms with E-state index < -0.39 is 11.9 Å². The highest BCUT2D eigenvalue weighted by molar-refractivity contribution is 5.94. The minimum absolute atomic E-state index is 0.00958. The molecule has 0 fully saturated rings. The summed E-state index contributed by atoms with van der Waals surface area (Å²) in [5.74, 6) is -0.891. The molecular weight excluding hydrogens is 244 g/mol. The SMILES string of the molecule is CC(C)(C)[C@H](COc1ccc(C(=N)N)cc1)C(=O)O. The largest absolute Gasteiger partial charge is 0.493 e. The summed E-state index contributed by atoms with van der Waals surface area (Å²) in [5.41, 5.74) is 5.59. The zero-order valence-electron chi connectivity index (χ0n) is 11.4. The number of aliphatic carboxylic acids is 1. The summed E-state index contributed by atoms with van der Waals surface area (Å²) in [6.07, 6.45) is 0. The number of carboxylic acids is 1. The zero-order valence-corrected chi connectivity index (χ0v) is 11.4. The van der Waals surface area contributed by atoms with Crippen LogP contribution in [0.3, 0.4) is 0 Å². The van der Waals surface area contributed by atoms with Crippen LogP contribution in [-0.4, -0.2) is 23.5 Å². The van der Waals surface area contributed by atoms with Crippen molar-refractivity contribution in [2.45, 2.75) is 20.8 Å². The fourth-order valence-electron chi connectivity index (χ4n) is 1.60. The van der Waals surface area contributed by atoms with Crippen molar-refractivity contribution in [3.63, 3.8) is 0 Å². The first-order valence-electron chi connectivity index (χ1n) is 6.02. The monoisotopic (exact) mass is 264 g/mol. The van der Waals surface area contributed by atoms with Crippen molar-refractivity contribution in [2.24, 2.45) is 17.1 Å². The molecule has 0 aliphatic rings. The second-order valence-electron chi connectivity index (χ2n) is 5.51. The predicted octanol–water partition coefficient (Wildman–Crippen LogP) is 2.10. The molecule has 4 N–H and O–H groups in total. The van der Waals surface area contributed by atoms with E-state index in [1.165, 1.54) is 0 Å². The van der Waals surface area contributed by atoms with Crippen LogP contribution in [0, 0.1) is 16.7 Å². The Kier molecular flexibility index (Phi) is 4.53. The van der Waals surface area contributed by atoms with E-state index in [9.17, 15) is 9.90 Å². The van der Waals surface area contributed by atoms with E-state index in [0.29, 0.717) is 11.3 Å². The Balaban J connectivity index is 2.70. The lowest BCUT2D eigenvalue weighted by atomic mass is 9.81. The molecular formula is C14H20N2O3. The van der Waals surface area contributed by atoms with Crippen molar-refractivity contribution in [3.8, 4) is 5.75 Å². The minimum atomic E-state index is -0.868. The van der Waals surface area contributed by atoms with E-state index in [2.05, 4.69) is 0 Å². The minimum Gasteiger partial charge on any atom is -0.493 e. The lowest BCUT2D eigenvalue weighted by Crippen LogP contribution is -2.33. The van der Waals surface area contributed by atoms with Gasteiger partial charge < -0.3 is 15.6 Å². The summed E-state index contributed by atoms with van der Waals surface area (Å²) in [5, 5.41) is 16.5. The van der Waals surface area contributed by atoms with E-state index >= 15 is 0 Å². The number of ether oxygens (including phenoxy) is 1. The van der Waals surface area contributed by atoms with Gasteiger partial charge in [0.2, 0.25) is 0 Å². The zero-order chi connectivity index (χ0) is 14.6. The Hall–Kier alpha value is -2.04. The first-order chi connectivity index (χ1) is 8.71. The summed E-state index contributed by atoms with van der Waals surface area (Å²) >= 11 is 0. The third-order valence-corrected chi connectivity index (χ3v) is 2.93. The average molecular weight is 264 g/mol. The van der Waals surface area contributed by atoms with Crippen LogP contribution in [0.2, 0.25) is 0 Å². The van der Waals surface area contributed by atoms with Crippen LogP contribution in [0.25, 0.3) is 0 Å². The lowest BCUT2D eigenvalue weighted by molar-refractivity contribution is -0.146. The van der Waals surface area contributed by atoms with Crippen molar-refractivity contribution < 1.29 is 14.6 Å². The van der Waals surface area contributed by atoms with Crippen LogP contribution in [0.5, 0.6) is 5.75 Å². The summed E-state index contributed by atoms with van der Waals surface area (Å²) in [6.45, 7) is 5.72. The first kappa shape index (κ1) is 15.0. The van der Waals surface area contributed by atoms with Gasteiger partial charge in [0.1, 0.15) is 18.2 Å². The fourth-order valence-corrected chi connectivity index (χ4v) is 1.60. The quantitative estimate of drug-likeness (QED) is 0.560. The Labute approximate surface area is 112 Å². The molecule has 0 aliphatic heterocycles. The molecule has 1 aromatic carbocycles. The van der Waals surface area contributed by atoms with Gasteiger partial charge in [0.05, 0.1) is 5.92 Å². The smallest absolute Gasteiger partial charge is 0.310 e. The third kappa shape index (κ3) is 4.28. The van der Waals surface area contributed by atoms with E-state index in [4.69, 9.17) is 15.9 Å². The number of nitrogens with two attached hydrogens (primary N) is 1. The van der Waals surface area contributed by atoms with Gasteiger partial charge in [-0.3, -0.25) is 10.2 Å². The summed E-state index contributed by atoms with van der Waals surface area (Å²) in [6, 6.07) is 6.70. The Morgan fingerprint density at radius 3 is 2.26 bits per heavy atom. The average Bonchev–Trinajstić information content (AvgIpc) is 2.27. The molecule has 0 saturated carbocycles. The van der Waals surface area contributed by atoms with Crippen molar-refractivity contribution in [3.05, 3.63) is 29.8 Å². The number of nitrogens with one attached hydrogen (secondary N) is 1. The fraction of sp³-hybridized carbons (Fsp3) is 0.429. The molecule has 5 heteroatoms. The number of carboxylic acid groups (broad SMARTS) is 1. The molecule has 0 bridgehead atoms. The summed E-state index contributed by atoms with van der Waals surface area (Å²) < 4.78 is 5.50. The number of nitrogen functional groups attached to an aromatic ring is 1. The number of hydrogen-bond donors (Lipinski definition) is 3. The molecule has 0 unspecified atom stereocenters. The normalized spacial score (nSPS) is 12.8. The molecule has 5 nitrogen and oxygen atoms in total. The number of amidine groups is 1. The standard InChI is InChI=1S/C14H20N2O3/c1-14(2,3)11(13(17)18)8-19-10-6-4-9(5-7-10)12(15)16/h4-7,11H,8H2,1-3H3,(H3,15,16)(H,17,18)/t11-/m1/s1. The van der Waals surface area contributed by atoms with Crippen molar-refractivity contribution >= 4 is 11.8 Å². The van der Waals surface area contributed by atoms with Gasteiger partial charge in [-0.25, -0.2) is 0 Å². The predicted molar refractivity (Wildman–Crippen MR) is 73.5 cm³/mol. The maximum Gasteiger partial charge on any atom is 0.310 e. The topological polar surface area (TPSA) is 96.4 Å². The van der Waals surface area contributed by atoms with Gasteiger partial charge in [-0.1, -0.05) is 20.8 Å². The molecule has 0 heterocycles. The van der Waals surface area contributed by atoms with Gasteiger partial charge >= 0.3 is 5.97 Å². The number of carbonyl (C=O) groups is 1. The van der Waals surface area contributed by atoms with Crippen LogP contribution in [0.15, 0.2) is 24.3 Å². The molecule has 0 saturated heterocycles. The molecule has 104 valence electrons. The highest BCUT2D eigenvalue weighted by atomic mass is 16.5. The molecule has 1 rings (SSSR count). The van der Waals surface area contributed by atoms with Crippen LogP contribution in [-0.2, 0) is 4.79 Å². The number of hydrogen-bond acceptors (Lipinski definition) is 3. The van der Waals surface area contributed by atoms with Crippen molar-refractivity contribution in [1.82, 2.24) is 0 Å². The van der Waals surface area contributed by atoms with E-state index in [0.717, 1.165) is 0 Å². The van der Waals surface area contributed by atoms with Gasteiger partial charge in [0, 0.05) is 5.56 Å². The number of rotatable bonds is 5. The maximum atomic E-state index is 11.2. The van der Waals surface area contributed by atoms with Gasteiger partial charge in [0.25, 0.3) is 0 Å². The second-order valence-corrected chi connectivity index (χ2v) is 5.51. The highest BCUT2D eigenvalue weighted by Gasteiger charge is 2.31. The Morgan fingerprint density at radius 1 is 1.37 bits per heavy atom. The molecule has 0 aromatic heterocycles. The van der Waals surface area contributed by atoms with E-state index in [1.807, 2.05) is 20.8 Å².